The molecule has 1 aliphatic carbocycles. The molecular formula is C23H23NO4. The topological polar surface area (TPSA) is 59.8 Å². The van der Waals surface area contributed by atoms with Gasteiger partial charge < -0.3 is 14.1 Å². The smallest absolute Gasteiger partial charge is 0.311 e. The number of fused-ring (bicyclic) bond motifs is 2. The molecule has 1 heterocycles. The minimum atomic E-state index is -0.861. The van der Waals surface area contributed by atoms with Crippen molar-refractivity contribution in [2.45, 2.75) is 38.7 Å². The molecule has 0 saturated heterocycles. The molecule has 0 radical (unpaired) electrons. The molecule has 1 amide bonds. The molecule has 0 aliphatic heterocycles. The fraction of sp³-hybridized carbons (Fsp3) is 0.304. The quantitative estimate of drug-likeness (QED) is 0.629. The SMILES string of the molecule is C[C@@H](OC(=O)Cc1coc2cc3c(cc12)CCC3)C(=O)N(C)c1ccccc1. The monoisotopic (exact) mass is 377 g/mol. The molecule has 5 heteroatoms. The molecule has 2 aromatic carbocycles. The highest BCUT2D eigenvalue weighted by Crippen LogP contribution is 2.30. The van der Waals surface area contributed by atoms with Gasteiger partial charge in [-0.05, 0) is 61.6 Å². The second-order valence-electron chi connectivity index (χ2n) is 7.27. The van der Waals surface area contributed by atoms with E-state index in [4.69, 9.17) is 9.15 Å². The van der Waals surface area contributed by atoms with Gasteiger partial charge in [-0.3, -0.25) is 9.59 Å². The van der Waals surface area contributed by atoms with Gasteiger partial charge in [-0.25, -0.2) is 0 Å². The number of para-hydroxylation sites is 1. The predicted octanol–water partition coefficient (Wildman–Crippen LogP) is 4.06. The van der Waals surface area contributed by atoms with Crippen LogP contribution in [0.2, 0.25) is 0 Å². The van der Waals surface area contributed by atoms with E-state index in [1.807, 2.05) is 30.3 Å². The third-order valence-corrected chi connectivity index (χ3v) is 5.33. The average molecular weight is 377 g/mol. The number of ether oxygens (including phenoxy) is 1. The molecular weight excluding hydrogens is 354 g/mol. The van der Waals surface area contributed by atoms with Crippen molar-refractivity contribution >= 4 is 28.5 Å². The van der Waals surface area contributed by atoms with Crippen molar-refractivity contribution in [3.05, 3.63) is 65.4 Å². The number of carbonyl (C=O) groups is 2. The molecule has 0 spiro atoms. The van der Waals surface area contributed by atoms with Crippen LogP contribution in [0.15, 0.2) is 53.1 Å². The highest BCUT2D eigenvalue weighted by Gasteiger charge is 2.23. The van der Waals surface area contributed by atoms with E-state index in [-0.39, 0.29) is 12.3 Å². The maximum Gasteiger partial charge on any atom is 0.311 e. The molecule has 3 aromatic rings. The number of hydrogen-bond acceptors (Lipinski definition) is 4. The number of carbonyl (C=O) groups excluding carboxylic acids is 2. The first kappa shape index (κ1) is 18.3. The Morgan fingerprint density at radius 3 is 2.61 bits per heavy atom. The zero-order chi connectivity index (χ0) is 19.7. The van der Waals surface area contributed by atoms with Gasteiger partial charge in [0.25, 0.3) is 5.91 Å². The lowest BCUT2D eigenvalue weighted by molar-refractivity contribution is -0.153. The predicted molar refractivity (Wildman–Crippen MR) is 107 cm³/mol. The van der Waals surface area contributed by atoms with E-state index in [1.54, 1.807) is 20.2 Å². The van der Waals surface area contributed by atoms with Crippen LogP contribution in [0.25, 0.3) is 11.0 Å². The lowest BCUT2D eigenvalue weighted by atomic mass is 10.0. The van der Waals surface area contributed by atoms with Gasteiger partial charge in [-0.15, -0.1) is 0 Å². The van der Waals surface area contributed by atoms with Gasteiger partial charge in [-0.2, -0.15) is 0 Å². The van der Waals surface area contributed by atoms with Gasteiger partial charge in [0.15, 0.2) is 6.10 Å². The number of amides is 1. The summed E-state index contributed by atoms with van der Waals surface area (Å²) in [6.45, 7) is 1.60. The zero-order valence-corrected chi connectivity index (χ0v) is 16.1. The average Bonchev–Trinajstić information content (AvgIpc) is 3.32. The van der Waals surface area contributed by atoms with Crippen LogP contribution in [0.1, 0.15) is 30.0 Å². The van der Waals surface area contributed by atoms with Crippen LogP contribution >= 0.6 is 0 Å². The largest absolute Gasteiger partial charge is 0.464 e. The Kier molecular flexibility index (Phi) is 4.90. The van der Waals surface area contributed by atoms with E-state index in [1.165, 1.54) is 16.0 Å². The first-order valence-corrected chi connectivity index (χ1v) is 9.57. The van der Waals surface area contributed by atoms with E-state index < -0.39 is 12.1 Å². The lowest BCUT2D eigenvalue weighted by Crippen LogP contribution is -2.37. The Balaban J connectivity index is 1.43. The maximum absolute atomic E-state index is 12.6. The molecule has 0 saturated carbocycles. The van der Waals surface area contributed by atoms with Crippen molar-refractivity contribution in [3.63, 3.8) is 0 Å². The molecule has 0 bridgehead atoms. The first-order chi connectivity index (χ1) is 13.5. The summed E-state index contributed by atoms with van der Waals surface area (Å²) in [6.07, 6.45) is 4.14. The molecule has 0 unspecified atom stereocenters. The molecule has 144 valence electrons. The summed E-state index contributed by atoms with van der Waals surface area (Å²) in [6, 6.07) is 13.5. The minimum Gasteiger partial charge on any atom is -0.464 e. The van der Waals surface area contributed by atoms with Crippen molar-refractivity contribution in [2.75, 3.05) is 11.9 Å². The van der Waals surface area contributed by atoms with E-state index in [2.05, 4.69) is 12.1 Å². The van der Waals surface area contributed by atoms with Gasteiger partial charge in [0.2, 0.25) is 0 Å². The van der Waals surface area contributed by atoms with E-state index >= 15 is 0 Å². The second kappa shape index (κ2) is 7.50. The molecule has 5 nitrogen and oxygen atoms in total. The van der Waals surface area contributed by atoms with Crippen LogP contribution in [0.3, 0.4) is 0 Å². The van der Waals surface area contributed by atoms with Gasteiger partial charge in [0, 0.05) is 23.7 Å². The van der Waals surface area contributed by atoms with Crippen molar-refractivity contribution in [2.24, 2.45) is 0 Å². The highest BCUT2D eigenvalue weighted by atomic mass is 16.5. The van der Waals surface area contributed by atoms with Crippen molar-refractivity contribution in [3.8, 4) is 0 Å². The summed E-state index contributed by atoms with van der Waals surface area (Å²) >= 11 is 0. The lowest BCUT2D eigenvalue weighted by Gasteiger charge is -2.21. The van der Waals surface area contributed by atoms with E-state index in [0.29, 0.717) is 0 Å². The molecule has 0 fully saturated rings. The van der Waals surface area contributed by atoms with Crippen molar-refractivity contribution in [1.82, 2.24) is 0 Å². The van der Waals surface area contributed by atoms with Crippen LogP contribution in [-0.2, 0) is 33.6 Å². The molecule has 28 heavy (non-hydrogen) atoms. The van der Waals surface area contributed by atoms with Crippen LogP contribution in [0.5, 0.6) is 0 Å². The van der Waals surface area contributed by atoms with Crippen LogP contribution < -0.4 is 4.90 Å². The van der Waals surface area contributed by atoms with Gasteiger partial charge in [-0.1, -0.05) is 18.2 Å². The van der Waals surface area contributed by atoms with Crippen LogP contribution in [-0.4, -0.2) is 25.0 Å². The molecule has 4 rings (SSSR count). The number of aryl methyl sites for hydroxylation is 2. The molecule has 1 atom stereocenters. The summed E-state index contributed by atoms with van der Waals surface area (Å²) in [5.41, 5.74) is 5.02. The highest BCUT2D eigenvalue weighted by molar-refractivity contribution is 5.97. The van der Waals surface area contributed by atoms with Gasteiger partial charge in [0.1, 0.15) is 5.58 Å². The third-order valence-electron chi connectivity index (χ3n) is 5.33. The Hall–Kier alpha value is -3.08. The van der Waals surface area contributed by atoms with Crippen LogP contribution in [0, 0.1) is 0 Å². The number of benzene rings is 2. The molecule has 1 aromatic heterocycles. The number of likely N-dealkylation sites (N-methyl/N-ethyl adjacent to an activating group) is 1. The number of rotatable bonds is 5. The molecule has 0 N–H and O–H groups in total. The van der Waals surface area contributed by atoms with E-state index in [0.717, 1.165) is 41.5 Å². The Morgan fingerprint density at radius 1 is 1.14 bits per heavy atom. The normalized spacial score (nSPS) is 13.9. The Bertz CT molecular complexity index is 1020. The summed E-state index contributed by atoms with van der Waals surface area (Å²) in [5, 5.41) is 0.956. The van der Waals surface area contributed by atoms with Crippen molar-refractivity contribution in [1.29, 1.82) is 0 Å². The second-order valence-corrected chi connectivity index (χ2v) is 7.27. The number of anilines is 1. The Morgan fingerprint density at radius 2 is 1.86 bits per heavy atom. The Labute approximate surface area is 163 Å². The molecule has 1 aliphatic rings. The minimum absolute atomic E-state index is 0.0818. The summed E-state index contributed by atoms with van der Waals surface area (Å²) in [5.74, 6) is -0.708. The van der Waals surface area contributed by atoms with Gasteiger partial charge in [0.05, 0.1) is 12.7 Å². The number of furan rings is 1. The summed E-state index contributed by atoms with van der Waals surface area (Å²) < 4.78 is 11.0. The van der Waals surface area contributed by atoms with E-state index in [9.17, 15) is 9.59 Å². The number of esters is 1. The third kappa shape index (κ3) is 3.52. The number of hydrogen-bond donors (Lipinski definition) is 0. The summed E-state index contributed by atoms with van der Waals surface area (Å²) in [7, 11) is 1.67. The summed E-state index contributed by atoms with van der Waals surface area (Å²) in [4.78, 5) is 26.5. The first-order valence-electron chi connectivity index (χ1n) is 9.57. The fourth-order valence-electron chi connectivity index (χ4n) is 3.78. The maximum atomic E-state index is 12.6. The van der Waals surface area contributed by atoms with Crippen LogP contribution in [0.4, 0.5) is 5.69 Å². The van der Waals surface area contributed by atoms with Gasteiger partial charge >= 0.3 is 5.97 Å². The number of nitrogens with zero attached hydrogens (tertiary/aromatic N) is 1. The standard InChI is InChI=1S/C23H23NO4/c1-15(23(26)24(2)19-9-4-3-5-10-19)28-22(25)13-18-14-27-21-12-17-8-6-7-16(17)11-20(18)21/h3-5,9-12,14-15H,6-8,13H2,1-2H3/t15-/m1/s1. The van der Waals surface area contributed by atoms with Crippen molar-refractivity contribution < 1.29 is 18.7 Å². The fourth-order valence-corrected chi connectivity index (χ4v) is 3.78. The zero-order valence-electron chi connectivity index (χ0n) is 16.1.